The molecule has 0 aromatic heterocycles. The van der Waals surface area contributed by atoms with Gasteiger partial charge in [-0.05, 0) is 67.0 Å². The Labute approximate surface area is 234 Å². The van der Waals surface area contributed by atoms with Crippen molar-refractivity contribution in [3.63, 3.8) is 0 Å². The Morgan fingerprint density at radius 2 is 1.76 bits per heavy atom. The summed E-state index contributed by atoms with van der Waals surface area (Å²) >= 11 is 13.4. The van der Waals surface area contributed by atoms with Gasteiger partial charge in [0.05, 0.1) is 23.3 Å². The zero-order valence-electron chi connectivity index (χ0n) is 21.8. The predicted octanol–water partition coefficient (Wildman–Crippen LogP) is 8.00. The van der Waals surface area contributed by atoms with Crippen LogP contribution in [0.15, 0.2) is 54.6 Å². The third-order valence-electron chi connectivity index (χ3n) is 7.33. The number of nitrogens with zero attached hydrogens (tertiary/aromatic N) is 1. The number of hydrogen-bond donors (Lipinski definition) is 1. The summed E-state index contributed by atoms with van der Waals surface area (Å²) in [5, 5.41) is 14.3. The molecule has 1 fully saturated rings. The normalized spacial score (nSPS) is 18.1. The van der Waals surface area contributed by atoms with Crippen molar-refractivity contribution in [2.75, 3.05) is 26.9 Å². The summed E-state index contributed by atoms with van der Waals surface area (Å²) in [5.74, 6) is 0.0796. The molecule has 1 N–H and O–H groups in total. The molecule has 0 saturated heterocycles. The van der Waals surface area contributed by atoms with Crippen LogP contribution in [0.4, 0.5) is 4.39 Å². The first-order valence-electron chi connectivity index (χ1n) is 13.0. The lowest BCUT2D eigenvalue weighted by Crippen LogP contribution is -2.35. The molecule has 0 spiro atoms. The monoisotopic (exact) mass is 554 g/mol. The largest absolute Gasteiger partial charge is 0.488 e. The van der Waals surface area contributed by atoms with Crippen LogP contribution >= 0.6 is 23.2 Å². The Morgan fingerprint density at radius 3 is 2.45 bits per heavy atom. The fourth-order valence-electron chi connectivity index (χ4n) is 5.13. The second-order valence-corrected chi connectivity index (χ2v) is 10.7. The first-order valence-corrected chi connectivity index (χ1v) is 13.8. The molecule has 1 unspecified atom stereocenters. The van der Waals surface area contributed by atoms with Gasteiger partial charge < -0.3 is 14.8 Å². The number of benzene rings is 3. The van der Waals surface area contributed by atoms with Crippen LogP contribution in [-0.4, -0.2) is 32.9 Å². The standard InChI is InChI=1S/C31H33Cl2FN2O2/c1-20-8-11-23(12-9-20)36-19-26(21-6-4-3-5-7-21)24-16-25(28(33)17-27(24)32)30-22(18-35)10-13-29(31(30)34)38-15-14-37-2/h3-7,10,13,16-17,20,23,26,36H,8-9,11-12,14-15,19H2,1-2H3. The van der Waals surface area contributed by atoms with Crippen LogP contribution in [0, 0.1) is 23.1 Å². The second kappa shape index (κ2) is 13.4. The van der Waals surface area contributed by atoms with E-state index in [1.165, 1.54) is 18.9 Å². The van der Waals surface area contributed by atoms with Crippen LogP contribution in [0.5, 0.6) is 5.75 Å². The number of hydrogen-bond acceptors (Lipinski definition) is 4. The van der Waals surface area contributed by atoms with E-state index in [0.717, 1.165) is 29.9 Å². The van der Waals surface area contributed by atoms with Gasteiger partial charge in [-0.25, -0.2) is 4.39 Å². The number of nitriles is 1. The quantitative estimate of drug-likeness (QED) is 0.258. The maximum Gasteiger partial charge on any atom is 0.174 e. The molecule has 38 heavy (non-hydrogen) atoms. The smallest absolute Gasteiger partial charge is 0.174 e. The molecule has 4 rings (SSSR count). The maximum absolute atomic E-state index is 15.8. The number of nitrogens with one attached hydrogen (secondary N) is 1. The van der Waals surface area contributed by atoms with E-state index in [4.69, 9.17) is 32.7 Å². The summed E-state index contributed by atoms with van der Waals surface area (Å²) in [6.07, 6.45) is 4.74. The van der Waals surface area contributed by atoms with Crippen LogP contribution in [0.25, 0.3) is 11.1 Å². The summed E-state index contributed by atoms with van der Waals surface area (Å²) in [4.78, 5) is 0. The van der Waals surface area contributed by atoms with Crippen molar-refractivity contribution in [3.8, 4) is 22.9 Å². The summed E-state index contributed by atoms with van der Waals surface area (Å²) in [5.41, 5.74) is 2.60. The van der Waals surface area contributed by atoms with Gasteiger partial charge >= 0.3 is 0 Å². The first-order chi connectivity index (χ1) is 18.4. The van der Waals surface area contributed by atoms with Crippen LogP contribution in [-0.2, 0) is 4.74 Å². The van der Waals surface area contributed by atoms with Gasteiger partial charge in [-0.15, -0.1) is 0 Å². The number of rotatable bonds is 10. The van der Waals surface area contributed by atoms with Crippen molar-refractivity contribution < 1.29 is 13.9 Å². The van der Waals surface area contributed by atoms with E-state index < -0.39 is 5.82 Å². The Morgan fingerprint density at radius 1 is 1.03 bits per heavy atom. The zero-order valence-corrected chi connectivity index (χ0v) is 23.3. The third-order valence-corrected chi connectivity index (χ3v) is 7.97. The fourth-order valence-corrected chi connectivity index (χ4v) is 5.74. The molecule has 0 bridgehead atoms. The third kappa shape index (κ3) is 6.68. The van der Waals surface area contributed by atoms with Crippen molar-refractivity contribution in [2.24, 2.45) is 5.92 Å². The molecule has 0 amide bonds. The lowest BCUT2D eigenvalue weighted by atomic mass is 9.85. The highest BCUT2D eigenvalue weighted by atomic mass is 35.5. The molecule has 1 atom stereocenters. The SMILES string of the molecule is COCCOc1ccc(C#N)c(-c2cc(C(CNC3CCC(C)CC3)c3ccccc3)c(Cl)cc2Cl)c1F. The van der Waals surface area contributed by atoms with E-state index in [1.807, 2.05) is 24.3 Å². The lowest BCUT2D eigenvalue weighted by Gasteiger charge is -2.29. The maximum atomic E-state index is 15.8. The van der Waals surface area contributed by atoms with Gasteiger partial charge in [-0.2, -0.15) is 5.26 Å². The van der Waals surface area contributed by atoms with E-state index in [2.05, 4.69) is 30.4 Å². The highest BCUT2D eigenvalue weighted by molar-refractivity contribution is 6.37. The van der Waals surface area contributed by atoms with Gasteiger partial charge in [0, 0.05) is 41.8 Å². The van der Waals surface area contributed by atoms with E-state index in [9.17, 15) is 5.26 Å². The molecule has 0 heterocycles. The molecule has 0 radical (unpaired) electrons. The Hall–Kier alpha value is -2.62. The highest BCUT2D eigenvalue weighted by Crippen LogP contribution is 2.42. The van der Waals surface area contributed by atoms with Crippen molar-refractivity contribution in [1.82, 2.24) is 5.32 Å². The summed E-state index contributed by atoms with van der Waals surface area (Å²) in [6.45, 7) is 3.48. The predicted molar refractivity (Wildman–Crippen MR) is 152 cm³/mol. The minimum atomic E-state index is -0.638. The Kier molecular flexibility index (Phi) is 10.0. The summed E-state index contributed by atoms with van der Waals surface area (Å²) in [7, 11) is 1.55. The minimum Gasteiger partial charge on any atom is -0.488 e. The van der Waals surface area contributed by atoms with Gasteiger partial charge in [0.2, 0.25) is 0 Å². The van der Waals surface area contributed by atoms with Crippen LogP contribution in [0.1, 0.15) is 55.2 Å². The number of halogens is 3. The van der Waals surface area contributed by atoms with Crippen molar-refractivity contribution >= 4 is 23.2 Å². The molecule has 1 aliphatic carbocycles. The second-order valence-electron chi connectivity index (χ2n) is 9.94. The molecule has 1 saturated carbocycles. The van der Waals surface area contributed by atoms with Gasteiger partial charge in [-0.1, -0.05) is 60.5 Å². The zero-order chi connectivity index (χ0) is 27.1. The minimum absolute atomic E-state index is 0.0384. The summed E-state index contributed by atoms with van der Waals surface area (Å²) < 4.78 is 26.4. The van der Waals surface area contributed by atoms with E-state index in [1.54, 1.807) is 19.2 Å². The molecule has 4 nitrogen and oxygen atoms in total. The van der Waals surface area contributed by atoms with E-state index in [-0.39, 0.29) is 34.4 Å². The average molecular weight is 556 g/mol. The van der Waals surface area contributed by atoms with Crippen LogP contribution < -0.4 is 10.1 Å². The molecule has 200 valence electrons. The first kappa shape index (κ1) is 28.4. The van der Waals surface area contributed by atoms with Crippen molar-refractivity contribution in [1.29, 1.82) is 5.26 Å². The Bertz CT molecular complexity index is 1270. The van der Waals surface area contributed by atoms with Gasteiger partial charge in [0.1, 0.15) is 6.61 Å². The Balaban J connectivity index is 1.75. The topological polar surface area (TPSA) is 54.3 Å². The number of ether oxygens (including phenoxy) is 2. The molecule has 1 aliphatic rings. The fraction of sp³-hybridized carbons (Fsp3) is 0.387. The summed E-state index contributed by atoms with van der Waals surface area (Å²) in [6, 6.07) is 19.2. The molecular weight excluding hydrogens is 522 g/mol. The van der Waals surface area contributed by atoms with Gasteiger partial charge in [0.15, 0.2) is 11.6 Å². The van der Waals surface area contributed by atoms with Gasteiger partial charge in [0.25, 0.3) is 0 Å². The van der Waals surface area contributed by atoms with Crippen LogP contribution in [0.2, 0.25) is 10.0 Å². The lowest BCUT2D eigenvalue weighted by molar-refractivity contribution is 0.144. The number of methoxy groups -OCH3 is 1. The van der Waals surface area contributed by atoms with E-state index >= 15 is 4.39 Å². The molecule has 3 aromatic rings. The molecule has 0 aliphatic heterocycles. The van der Waals surface area contributed by atoms with Crippen molar-refractivity contribution in [2.45, 2.75) is 44.6 Å². The highest BCUT2D eigenvalue weighted by Gasteiger charge is 2.25. The molecule has 3 aromatic carbocycles. The van der Waals surface area contributed by atoms with Gasteiger partial charge in [-0.3, -0.25) is 0 Å². The molecular formula is C31H33Cl2FN2O2. The van der Waals surface area contributed by atoms with Crippen molar-refractivity contribution in [3.05, 3.63) is 87.2 Å². The van der Waals surface area contributed by atoms with Crippen LogP contribution in [0.3, 0.4) is 0 Å². The average Bonchev–Trinajstić information content (AvgIpc) is 2.92. The van der Waals surface area contributed by atoms with E-state index in [0.29, 0.717) is 29.8 Å². The molecule has 7 heteroatoms.